The van der Waals surface area contributed by atoms with Crippen LogP contribution < -0.4 is 30.9 Å². The Morgan fingerprint density at radius 2 is 1.63 bits per heavy atom. The lowest BCUT2D eigenvalue weighted by molar-refractivity contribution is -0.135. The molecule has 3 aromatic carbocycles. The van der Waals surface area contributed by atoms with Gasteiger partial charge in [0.05, 0.1) is 61.2 Å². The molecule has 0 spiro atoms. The Balaban J connectivity index is 1.09. The Morgan fingerprint density at radius 3 is 2.32 bits per heavy atom. The van der Waals surface area contributed by atoms with Gasteiger partial charge in [-0.1, -0.05) is 18.2 Å². The number of carbonyl (C=O) groups is 2. The third-order valence-corrected chi connectivity index (χ3v) is 11.4. The minimum absolute atomic E-state index is 0.0244. The highest BCUT2D eigenvalue weighted by molar-refractivity contribution is 6.01. The monoisotopic (exact) mass is 800 g/mol. The molecule has 2 amide bonds. The van der Waals surface area contributed by atoms with Gasteiger partial charge in [0.1, 0.15) is 17.5 Å². The number of para-hydroxylation sites is 1. The van der Waals surface area contributed by atoms with Crippen LogP contribution in [0.15, 0.2) is 89.0 Å². The molecule has 0 aliphatic carbocycles. The van der Waals surface area contributed by atoms with Crippen LogP contribution in [-0.4, -0.2) is 61.0 Å². The minimum atomic E-state index is -3.24. The average Bonchev–Trinajstić information content (AvgIpc) is 3.86. The molecule has 16 heteroatoms. The summed E-state index contributed by atoms with van der Waals surface area (Å²) in [6, 6.07) is 14.6. The molecule has 0 bridgehead atoms. The largest absolute Gasteiger partial charge is 0.496 e. The van der Waals surface area contributed by atoms with E-state index in [0.717, 1.165) is 5.56 Å². The number of ether oxygens (including phenoxy) is 2. The normalized spacial score (nSPS) is 16.2. The van der Waals surface area contributed by atoms with Gasteiger partial charge < -0.3 is 18.9 Å². The summed E-state index contributed by atoms with van der Waals surface area (Å²) in [4.78, 5) is 57.6. The molecule has 2 aliphatic rings. The van der Waals surface area contributed by atoms with E-state index in [0.29, 0.717) is 72.5 Å². The van der Waals surface area contributed by atoms with Crippen molar-refractivity contribution in [2.75, 3.05) is 25.7 Å². The first kappa shape index (κ1) is 37.5. The van der Waals surface area contributed by atoms with E-state index in [1.165, 1.54) is 34.0 Å². The van der Waals surface area contributed by atoms with E-state index in [2.05, 4.69) is 15.4 Å². The molecule has 1 atom stereocenters. The Hall–Kier alpha value is -7.10. The van der Waals surface area contributed by atoms with Crippen LogP contribution in [0, 0.1) is 0 Å². The molecule has 9 rings (SSSR count). The minimum Gasteiger partial charge on any atom is -0.496 e. The van der Waals surface area contributed by atoms with E-state index in [1.54, 1.807) is 72.6 Å². The molecular formula is C43H38F2N8O6. The number of hydrogen-bond acceptors (Lipinski definition) is 9. The summed E-state index contributed by atoms with van der Waals surface area (Å²) in [5, 5.41) is 7.64. The second-order valence-electron chi connectivity index (χ2n) is 15.0. The van der Waals surface area contributed by atoms with E-state index in [-0.39, 0.29) is 30.5 Å². The number of alkyl halides is 2. The number of imidazole rings is 1. The van der Waals surface area contributed by atoms with Crippen LogP contribution >= 0.6 is 0 Å². The number of imide groups is 1. The molecule has 1 unspecified atom stereocenters. The second kappa shape index (κ2) is 13.8. The van der Waals surface area contributed by atoms with Gasteiger partial charge in [0.25, 0.3) is 11.5 Å². The number of carbonyl (C=O) groups excluding carboxylic acids is 2. The summed E-state index contributed by atoms with van der Waals surface area (Å²) in [7, 11) is 8.06. The lowest BCUT2D eigenvalue weighted by Gasteiger charge is -2.23. The molecular weight excluding hydrogens is 763 g/mol. The van der Waals surface area contributed by atoms with Crippen LogP contribution in [0.2, 0.25) is 0 Å². The van der Waals surface area contributed by atoms with Crippen LogP contribution in [0.3, 0.4) is 0 Å². The Bertz CT molecular complexity index is 3010. The molecule has 1 fully saturated rings. The summed E-state index contributed by atoms with van der Waals surface area (Å²) in [6.07, 6.45) is 7.09. The number of aryl methyl sites for hydroxylation is 3. The lowest BCUT2D eigenvalue weighted by atomic mass is 9.97. The van der Waals surface area contributed by atoms with Crippen LogP contribution in [0.25, 0.3) is 55.3 Å². The lowest BCUT2D eigenvalue weighted by Crippen LogP contribution is -2.44. The number of anilines is 1. The van der Waals surface area contributed by atoms with E-state index in [1.807, 2.05) is 31.4 Å². The Labute approximate surface area is 334 Å². The number of fused-ring (bicyclic) bond motifs is 3. The summed E-state index contributed by atoms with van der Waals surface area (Å²) in [5.41, 5.74) is 4.79. The van der Waals surface area contributed by atoms with Crippen molar-refractivity contribution in [1.29, 1.82) is 0 Å². The number of hydrogen-bond donors (Lipinski definition) is 1. The highest BCUT2D eigenvalue weighted by Gasteiger charge is 2.44. The maximum absolute atomic E-state index is 16.1. The topological polar surface area (TPSA) is 148 Å². The molecule has 7 aromatic rings. The molecule has 59 heavy (non-hydrogen) atoms. The number of benzene rings is 3. The van der Waals surface area contributed by atoms with Gasteiger partial charge in [-0.05, 0) is 53.9 Å². The molecule has 2 aliphatic heterocycles. The SMILES string of the molecule is COc1cc(-c2cn(C)c(=O)c3cnc(-c4cnn(C)c4)cc23)cc(OC)c1CN1CC(F)(F)c2cc(-c3cccc4c3n(C)c(=O)n4C3CCC(=O)NC3=O)ccc21. The summed E-state index contributed by atoms with van der Waals surface area (Å²) >= 11 is 0. The highest BCUT2D eigenvalue weighted by Crippen LogP contribution is 2.48. The van der Waals surface area contributed by atoms with Gasteiger partial charge in [0.15, 0.2) is 0 Å². The van der Waals surface area contributed by atoms with Crippen molar-refractivity contribution in [3.63, 3.8) is 0 Å². The van der Waals surface area contributed by atoms with Crippen molar-refractivity contribution in [2.45, 2.75) is 31.4 Å². The maximum Gasteiger partial charge on any atom is 0.329 e. The van der Waals surface area contributed by atoms with Gasteiger partial charge in [0, 0.05) is 79.5 Å². The predicted octanol–water partition coefficient (Wildman–Crippen LogP) is 5.43. The number of methoxy groups -OCH3 is 2. The van der Waals surface area contributed by atoms with Gasteiger partial charge in [-0.2, -0.15) is 13.9 Å². The van der Waals surface area contributed by atoms with Gasteiger partial charge in [0.2, 0.25) is 11.8 Å². The van der Waals surface area contributed by atoms with Gasteiger partial charge in [-0.25, -0.2) is 4.79 Å². The summed E-state index contributed by atoms with van der Waals surface area (Å²) < 4.78 is 50.0. The number of amides is 2. The van der Waals surface area contributed by atoms with E-state index in [9.17, 15) is 19.2 Å². The molecule has 0 saturated carbocycles. The van der Waals surface area contributed by atoms with Crippen molar-refractivity contribution >= 4 is 39.3 Å². The number of rotatable bonds is 8. The van der Waals surface area contributed by atoms with Crippen LogP contribution in [0.5, 0.6) is 11.5 Å². The van der Waals surface area contributed by atoms with Gasteiger partial charge in [-0.15, -0.1) is 0 Å². The van der Waals surface area contributed by atoms with Gasteiger partial charge in [-0.3, -0.25) is 38.5 Å². The van der Waals surface area contributed by atoms with Gasteiger partial charge >= 0.3 is 5.69 Å². The highest BCUT2D eigenvalue weighted by atomic mass is 19.3. The third-order valence-electron chi connectivity index (χ3n) is 11.4. The zero-order valence-corrected chi connectivity index (χ0v) is 32.7. The number of halogens is 2. The average molecular weight is 801 g/mol. The number of piperidine rings is 1. The molecule has 6 heterocycles. The van der Waals surface area contributed by atoms with Crippen molar-refractivity contribution in [3.8, 4) is 45.0 Å². The molecule has 300 valence electrons. The fourth-order valence-electron chi connectivity index (χ4n) is 8.51. The molecule has 0 radical (unpaired) electrons. The second-order valence-corrected chi connectivity index (χ2v) is 15.0. The fourth-order valence-corrected chi connectivity index (χ4v) is 8.51. The quantitative estimate of drug-likeness (QED) is 0.199. The van der Waals surface area contributed by atoms with Crippen molar-refractivity contribution < 1.29 is 27.8 Å². The molecule has 4 aromatic heterocycles. The van der Waals surface area contributed by atoms with E-state index < -0.39 is 36.0 Å². The smallest absolute Gasteiger partial charge is 0.329 e. The summed E-state index contributed by atoms with van der Waals surface area (Å²) in [6.45, 7) is -0.583. The number of pyridine rings is 2. The first-order valence-corrected chi connectivity index (χ1v) is 18.8. The molecule has 1 N–H and O–H groups in total. The number of nitrogens with one attached hydrogen (secondary N) is 1. The zero-order valence-electron chi connectivity index (χ0n) is 32.7. The predicted molar refractivity (Wildman–Crippen MR) is 217 cm³/mol. The van der Waals surface area contributed by atoms with Crippen LogP contribution in [0.1, 0.15) is 30.0 Å². The first-order chi connectivity index (χ1) is 28.3. The first-order valence-electron chi connectivity index (χ1n) is 18.8. The fraction of sp³-hybridized carbons (Fsp3) is 0.256. The maximum atomic E-state index is 16.1. The Kier molecular flexibility index (Phi) is 8.75. The van der Waals surface area contributed by atoms with Crippen molar-refractivity contribution in [3.05, 3.63) is 111 Å². The van der Waals surface area contributed by atoms with Crippen molar-refractivity contribution in [2.24, 2.45) is 21.1 Å². The third kappa shape index (κ3) is 6.04. The molecule has 14 nitrogen and oxygen atoms in total. The summed E-state index contributed by atoms with van der Waals surface area (Å²) in [5.74, 6) is -3.38. The zero-order chi connectivity index (χ0) is 41.5. The standard InChI is InChI=1S/C43H38F2N8O6/c1-49-20-29(27-16-32(25-17-47-50(2)19-25)46-18-28(27)41(49)56)24-14-36(58-4)30(37(15-24)59-5)21-52-22-43(44,45)31-13-23(9-10-33(31)52)26-7-6-8-34-39(26)51(3)42(57)53(34)35-11-12-38(54)48-40(35)55/h6-10,13-20,35H,11-12,21-22H2,1-5H3,(H,48,54,55). The molecule has 1 saturated heterocycles. The van der Waals surface area contributed by atoms with Crippen LogP contribution in [0.4, 0.5) is 14.5 Å². The number of nitrogens with zero attached hydrogens (tertiary/aromatic N) is 7. The Morgan fingerprint density at radius 1 is 0.864 bits per heavy atom. The van der Waals surface area contributed by atoms with E-state index in [4.69, 9.17) is 9.47 Å². The van der Waals surface area contributed by atoms with Crippen LogP contribution in [-0.2, 0) is 43.2 Å². The van der Waals surface area contributed by atoms with E-state index >= 15 is 8.78 Å². The number of aromatic nitrogens is 6. The van der Waals surface area contributed by atoms with Crippen molar-refractivity contribution in [1.82, 2.24) is 33.8 Å².